The number of halogens is 2. The van der Waals surface area contributed by atoms with Gasteiger partial charge in [0.2, 0.25) is 0 Å². The van der Waals surface area contributed by atoms with Crippen molar-refractivity contribution >= 4 is 21.8 Å². The van der Waals surface area contributed by atoms with Gasteiger partial charge in [0.15, 0.2) is 0 Å². The monoisotopic (exact) mass is 287 g/mol. The summed E-state index contributed by atoms with van der Waals surface area (Å²) in [6.45, 7) is 1.22. The molecule has 2 rings (SSSR count). The molecular weight excluding hydrogens is 277 g/mol. The van der Waals surface area contributed by atoms with Crippen molar-refractivity contribution in [3.05, 3.63) is 34.1 Å². The number of benzene rings is 1. The Morgan fingerprint density at radius 1 is 1.56 bits per heavy atom. The molecule has 1 fully saturated rings. The maximum Gasteiger partial charge on any atom is 0.252 e. The maximum atomic E-state index is 12.8. The average Bonchev–Trinajstić information content (AvgIpc) is 2.70. The van der Waals surface area contributed by atoms with E-state index in [0.717, 1.165) is 6.42 Å². The van der Waals surface area contributed by atoms with E-state index in [4.69, 9.17) is 4.74 Å². The lowest BCUT2D eigenvalue weighted by Gasteiger charge is -2.11. The number of carbonyl (C=O) groups is 1. The number of rotatable bonds is 2. The van der Waals surface area contributed by atoms with Crippen LogP contribution in [0.15, 0.2) is 22.7 Å². The Bertz CT molecular complexity index is 405. The minimum absolute atomic E-state index is 0.0597. The van der Waals surface area contributed by atoms with E-state index in [9.17, 15) is 9.18 Å². The largest absolute Gasteiger partial charge is 0.379 e. The fraction of sp³-hybridized carbons (Fsp3) is 0.364. The second-order valence-corrected chi connectivity index (χ2v) is 4.51. The van der Waals surface area contributed by atoms with E-state index in [2.05, 4.69) is 21.2 Å². The van der Waals surface area contributed by atoms with Gasteiger partial charge in [-0.15, -0.1) is 0 Å². The van der Waals surface area contributed by atoms with Crippen LogP contribution in [0.2, 0.25) is 0 Å². The summed E-state index contributed by atoms with van der Waals surface area (Å²) in [4.78, 5) is 11.8. The molecule has 1 saturated heterocycles. The third kappa shape index (κ3) is 2.59. The van der Waals surface area contributed by atoms with Gasteiger partial charge in [-0.2, -0.15) is 0 Å². The summed E-state index contributed by atoms with van der Waals surface area (Å²) >= 11 is 3.17. The van der Waals surface area contributed by atoms with Crippen LogP contribution in [-0.4, -0.2) is 25.2 Å². The Labute approximate surface area is 101 Å². The van der Waals surface area contributed by atoms with Crippen molar-refractivity contribution < 1.29 is 13.9 Å². The van der Waals surface area contributed by atoms with Crippen molar-refractivity contribution in [2.75, 3.05) is 13.2 Å². The van der Waals surface area contributed by atoms with Crippen LogP contribution >= 0.6 is 15.9 Å². The quantitative estimate of drug-likeness (QED) is 0.905. The summed E-state index contributed by atoms with van der Waals surface area (Å²) < 4.78 is 18.5. The van der Waals surface area contributed by atoms with Gasteiger partial charge in [-0.3, -0.25) is 4.79 Å². The zero-order valence-electron chi connectivity index (χ0n) is 8.50. The normalized spacial score (nSPS) is 19.8. The smallest absolute Gasteiger partial charge is 0.252 e. The van der Waals surface area contributed by atoms with Gasteiger partial charge in [0.05, 0.1) is 18.2 Å². The third-order valence-corrected chi connectivity index (χ3v) is 3.10. The first-order valence-corrected chi connectivity index (χ1v) is 5.80. The molecule has 3 nitrogen and oxygen atoms in total. The van der Waals surface area contributed by atoms with Crippen molar-refractivity contribution in [3.63, 3.8) is 0 Å². The molecule has 0 aromatic heterocycles. The summed E-state index contributed by atoms with van der Waals surface area (Å²) in [5.41, 5.74) is 0.438. The molecule has 1 unspecified atom stereocenters. The summed E-state index contributed by atoms with van der Waals surface area (Å²) in [5.74, 6) is -0.574. The lowest BCUT2D eigenvalue weighted by Crippen LogP contribution is -2.35. The van der Waals surface area contributed by atoms with Crippen LogP contribution < -0.4 is 5.32 Å². The Kier molecular flexibility index (Phi) is 3.56. The van der Waals surface area contributed by atoms with Crippen molar-refractivity contribution in [2.24, 2.45) is 0 Å². The predicted octanol–water partition coefficient (Wildman–Crippen LogP) is 2.11. The molecule has 1 atom stereocenters. The van der Waals surface area contributed by atoms with Gasteiger partial charge in [-0.05, 0) is 40.5 Å². The zero-order valence-corrected chi connectivity index (χ0v) is 10.1. The highest BCUT2D eigenvalue weighted by Crippen LogP contribution is 2.18. The lowest BCUT2D eigenvalue weighted by atomic mass is 10.2. The van der Waals surface area contributed by atoms with E-state index in [1.807, 2.05) is 0 Å². The molecule has 1 aromatic carbocycles. The molecule has 86 valence electrons. The second kappa shape index (κ2) is 4.93. The summed E-state index contributed by atoms with van der Waals surface area (Å²) in [6, 6.07) is 4.07. The molecule has 1 aliphatic rings. The summed E-state index contributed by atoms with van der Waals surface area (Å²) in [5, 5.41) is 2.84. The molecule has 0 spiro atoms. The molecule has 1 N–H and O–H groups in total. The molecule has 0 saturated carbocycles. The van der Waals surface area contributed by atoms with Crippen molar-refractivity contribution in [1.29, 1.82) is 0 Å². The number of ether oxygens (including phenoxy) is 1. The van der Waals surface area contributed by atoms with Crippen LogP contribution in [0.4, 0.5) is 4.39 Å². The maximum absolute atomic E-state index is 12.8. The average molecular weight is 288 g/mol. The van der Waals surface area contributed by atoms with E-state index >= 15 is 0 Å². The Morgan fingerprint density at radius 3 is 3.00 bits per heavy atom. The molecule has 0 aliphatic carbocycles. The van der Waals surface area contributed by atoms with Crippen molar-refractivity contribution in [3.8, 4) is 0 Å². The number of amides is 1. The van der Waals surface area contributed by atoms with Gasteiger partial charge >= 0.3 is 0 Å². The van der Waals surface area contributed by atoms with Crippen molar-refractivity contribution in [2.45, 2.75) is 12.5 Å². The van der Waals surface area contributed by atoms with Gasteiger partial charge in [0.25, 0.3) is 5.91 Å². The number of hydrogen-bond acceptors (Lipinski definition) is 2. The number of hydrogen-bond donors (Lipinski definition) is 1. The first-order chi connectivity index (χ1) is 7.66. The molecule has 0 radical (unpaired) electrons. The van der Waals surface area contributed by atoms with Crippen LogP contribution in [0.1, 0.15) is 16.8 Å². The lowest BCUT2D eigenvalue weighted by molar-refractivity contribution is 0.0929. The number of nitrogens with one attached hydrogen (secondary N) is 1. The van der Waals surface area contributed by atoms with Crippen LogP contribution in [0, 0.1) is 5.82 Å². The van der Waals surface area contributed by atoms with E-state index in [1.54, 1.807) is 0 Å². The van der Waals surface area contributed by atoms with Gasteiger partial charge in [-0.25, -0.2) is 4.39 Å². The SMILES string of the molecule is O=C(NC1CCOC1)c1ccc(F)cc1Br. The molecule has 5 heteroatoms. The van der Waals surface area contributed by atoms with E-state index in [0.29, 0.717) is 23.2 Å². The first-order valence-electron chi connectivity index (χ1n) is 5.00. The molecular formula is C11H11BrFNO2. The Hall–Kier alpha value is -0.940. The van der Waals surface area contributed by atoms with Gasteiger partial charge in [0.1, 0.15) is 5.82 Å². The highest BCUT2D eigenvalue weighted by atomic mass is 79.9. The van der Waals surface area contributed by atoms with Gasteiger partial charge in [0, 0.05) is 11.1 Å². The second-order valence-electron chi connectivity index (χ2n) is 3.66. The van der Waals surface area contributed by atoms with E-state index in [-0.39, 0.29) is 17.8 Å². The molecule has 0 bridgehead atoms. The van der Waals surface area contributed by atoms with Crippen LogP contribution in [0.5, 0.6) is 0 Å². The van der Waals surface area contributed by atoms with E-state index in [1.165, 1.54) is 18.2 Å². The summed E-state index contributed by atoms with van der Waals surface area (Å²) in [6.07, 6.45) is 0.824. The summed E-state index contributed by atoms with van der Waals surface area (Å²) in [7, 11) is 0. The Balaban J connectivity index is 2.08. The highest BCUT2D eigenvalue weighted by molar-refractivity contribution is 9.10. The van der Waals surface area contributed by atoms with Crippen LogP contribution in [0.25, 0.3) is 0 Å². The van der Waals surface area contributed by atoms with Gasteiger partial charge < -0.3 is 10.1 Å². The minimum atomic E-state index is -0.368. The highest BCUT2D eigenvalue weighted by Gasteiger charge is 2.19. The third-order valence-electron chi connectivity index (χ3n) is 2.44. The van der Waals surface area contributed by atoms with Gasteiger partial charge in [-0.1, -0.05) is 0 Å². The first kappa shape index (κ1) is 11.5. The minimum Gasteiger partial charge on any atom is -0.379 e. The zero-order chi connectivity index (χ0) is 11.5. The fourth-order valence-electron chi connectivity index (χ4n) is 1.59. The van der Waals surface area contributed by atoms with Crippen LogP contribution in [0.3, 0.4) is 0 Å². The molecule has 1 aromatic rings. The number of carbonyl (C=O) groups excluding carboxylic acids is 1. The molecule has 1 heterocycles. The Morgan fingerprint density at radius 2 is 2.38 bits per heavy atom. The van der Waals surface area contributed by atoms with Crippen molar-refractivity contribution in [1.82, 2.24) is 5.32 Å². The predicted molar refractivity (Wildman–Crippen MR) is 60.8 cm³/mol. The fourth-order valence-corrected chi connectivity index (χ4v) is 2.12. The topological polar surface area (TPSA) is 38.3 Å². The molecule has 1 amide bonds. The molecule has 1 aliphatic heterocycles. The molecule has 16 heavy (non-hydrogen) atoms. The van der Waals surface area contributed by atoms with Crippen LogP contribution in [-0.2, 0) is 4.74 Å². The van der Waals surface area contributed by atoms with E-state index < -0.39 is 0 Å². The standard InChI is InChI=1S/C11H11BrFNO2/c12-10-5-7(13)1-2-9(10)11(15)14-8-3-4-16-6-8/h1-2,5,8H,3-4,6H2,(H,14,15).